The number of hydrogen-bond donors (Lipinski definition) is 1. The van der Waals surface area contributed by atoms with Crippen molar-refractivity contribution >= 4 is 11.7 Å². The zero-order valence-corrected chi connectivity index (χ0v) is 10.1. The first-order valence-electron chi connectivity index (χ1n) is 5.56. The summed E-state index contributed by atoms with van der Waals surface area (Å²) in [6.07, 6.45) is 0. The number of anilines is 1. The number of carboxylic acid groups (broad SMARTS) is 1. The van der Waals surface area contributed by atoms with Crippen LogP contribution in [0.2, 0.25) is 0 Å². The third-order valence-corrected chi connectivity index (χ3v) is 2.64. The second-order valence-electron chi connectivity index (χ2n) is 3.94. The van der Waals surface area contributed by atoms with Gasteiger partial charge in [-0.3, -0.25) is 4.79 Å². The number of benzene rings is 1. The average molecular weight is 232 g/mol. The van der Waals surface area contributed by atoms with Gasteiger partial charge in [0.25, 0.3) is 0 Å². The van der Waals surface area contributed by atoms with Crippen LogP contribution in [-0.4, -0.2) is 24.2 Å². The summed E-state index contributed by atoms with van der Waals surface area (Å²) in [5.74, 6) is -1.24. The quantitative estimate of drug-likeness (QED) is 0.844. The smallest absolute Gasteiger partial charge is 0.308 e. The molecule has 4 nitrogen and oxygen atoms in total. The fourth-order valence-corrected chi connectivity index (χ4v) is 1.60. The van der Waals surface area contributed by atoms with Gasteiger partial charge in [-0.25, -0.2) is 0 Å². The average Bonchev–Trinajstić information content (AvgIpc) is 2.35. The summed E-state index contributed by atoms with van der Waals surface area (Å²) in [4.78, 5) is 12.8. The summed E-state index contributed by atoms with van der Waals surface area (Å²) >= 11 is 0. The summed E-state index contributed by atoms with van der Waals surface area (Å²) in [7, 11) is 0. The molecule has 0 fully saturated rings. The Bertz CT molecular complexity index is 437. The van der Waals surface area contributed by atoms with Crippen molar-refractivity contribution in [1.82, 2.24) is 0 Å². The third kappa shape index (κ3) is 3.49. The number of nitrogens with zero attached hydrogens (tertiary/aromatic N) is 2. The van der Waals surface area contributed by atoms with Crippen LogP contribution in [0.3, 0.4) is 0 Å². The predicted molar refractivity (Wildman–Crippen MR) is 65.8 cm³/mol. The maximum Gasteiger partial charge on any atom is 0.308 e. The molecule has 0 saturated heterocycles. The molecule has 0 heterocycles. The monoisotopic (exact) mass is 232 g/mol. The first-order valence-corrected chi connectivity index (χ1v) is 5.56. The molecule has 0 aliphatic carbocycles. The van der Waals surface area contributed by atoms with E-state index in [9.17, 15) is 4.79 Å². The molecule has 0 radical (unpaired) electrons. The Morgan fingerprint density at radius 1 is 1.59 bits per heavy atom. The van der Waals surface area contributed by atoms with Crippen molar-refractivity contribution in [2.75, 3.05) is 18.0 Å². The minimum Gasteiger partial charge on any atom is -0.481 e. The van der Waals surface area contributed by atoms with Gasteiger partial charge < -0.3 is 10.0 Å². The van der Waals surface area contributed by atoms with Crippen molar-refractivity contribution in [3.05, 3.63) is 29.8 Å². The van der Waals surface area contributed by atoms with Crippen LogP contribution < -0.4 is 4.90 Å². The Labute approximate surface area is 101 Å². The van der Waals surface area contributed by atoms with Crippen LogP contribution in [-0.2, 0) is 4.79 Å². The van der Waals surface area contributed by atoms with E-state index in [1.807, 2.05) is 24.0 Å². The van der Waals surface area contributed by atoms with Crippen molar-refractivity contribution in [3.8, 4) is 6.07 Å². The van der Waals surface area contributed by atoms with Crippen LogP contribution in [0.1, 0.15) is 19.4 Å². The summed E-state index contributed by atoms with van der Waals surface area (Å²) in [6.45, 7) is 4.81. The summed E-state index contributed by atoms with van der Waals surface area (Å²) in [6, 6.07) is 9.28. The van der Waals surface area contributed by atoms with Gasteiger partial charge in [-0.05, 0) is 25.1 Å². The first kappa shape index (κ1) is 13.0. The Morgan fingerprint density at radius 2 is 2.29 bits per heavy atom. The van der Waals surface area contributed by atoms with E-state index >= 15 is 0 Å². The predicted octanol–water partition coefficient (Wildman–Crippen LogP) is 2.11. The molecule has 90 valence electrons. The van der Waals surface area contributed by atoms with E-state index in [2.05, 4.69) is 6.07 Å². The van der Waals surface area contributed by atoms with E-state index in [-0.39, 0.29) is 0 Å². The number of aliphatic carboxylic acids is 1. The second-order valence-corrected chi connectivity index (χ2v) is 3.94. The molecule has 1 aromatic carbocycles. The minimum atomic E-state index is -0.806. The molecule has 0 bridgehead atoms. The number of nitriles is 1. The molecule has 17 heavy (non-hydrogen) atoms. The van der Waals surface area contributed by atoms with E-state index in [1.165, 1.54) is 0 Å². The lowest BCUT2D eigenvalue weighted by Crippen LogP contribution is -2.31. The molecule has 0 saturated carbocycles. The lowest BCUT2D eigenvalue weighted by Gasteiger charge is -2.25. The standard InChI is InChI=1S/C13H16N2O2/c1-3-15(9-10(2)13(16)17)12-6-4-5-11(7-12)8-14/h4-7,10H,3,9H2,1-2H3,(H,16,17). The maximum absolute atomic E-state index is 10.8. The summed E-state index contributed by atoms with van der Waals surface area (Å²) in [5.41, 5.74) is 1.48. The highest BCUT2D eigenvalue weighted by Gasteiger charge is 2.15. The molecule has 0 aliphatic heterocycles. The van der Waals surface area contributed by atoms with Crippen molar-refractivity contribution in [2.45, 2.75) is 13.8 Å². The highest BCUT2D eigenvalue weighted by molar-refractivity contribution is 5.70. The molecule has 1 aromatic rings. The van der Waals surface area contributed by atoms with Gasteiger partial charge in [0.15, 0.2) is 0 Å². The molecule has 4 heteroatoms. The largest absolute Gasteiger partial charge is 0.481 e. The van der Waals surface area contributed by atoms with E-state index in [0.29, 0.717) is 18.7 Å². The molecule has 1 unspecified atom stereocenters. The normalized spacial score (nSPS) is 11.6. The highest BCUT2D eigenvalue weighted by atomic mass is 16.4. The van der Waals surface area contributed by atoms with Crippen LogP contribution in [0.5, 0.6) is 0 Å². The van der Waals surface area contributed by atoms with Gasteiger partial charge in [-0.2, -0.15) is 5.26 Å². The highest BCUT2D eigenvalue weighted by Crippen LogP contribution is 2.17. The lowest BCUT2D eigenvalue weighted by atomic mass is 10.1. The fourth-order valence-electron chi connectivity index (χ4n) is 1.60. The van der Waals surface area contributed by atoms with Crippen LogP contribution >= 0.6 is 0 Å². The molecule has 1 N–H and O–H groups in total. The van der Waals surface area contributed by atoms with Gasteiger partial charge in [-0.1, -0.05) is 13.0 Å². The van der Waals surface area contributed by atoms with Gasteiger partial charge in [0.1, 0.15) is 0 Å². The number of carboxylic acids is 1. The van der Waals surface area contributed by atoms with Crippen molar-refractivity contribution < 1.29 is 9.90 Å². The van der Waals surface area contributed by atoms with Gasteiger partial charge in [0, 0.05) is 18.8 Å². The third-order valence-electron chi connectivity index (χ3n) is 2.64. The van der Waals surface area contributed by atoms with Crippen LogP contribution in [0, 0.1) is 17.2 Å². The van der Waals surface area contributed by atoms with E-state index in [0.717, 1.165) is 5.69 Å². The van der Waals surface area contributed by atoms with Crippen molar-refractivity contribution in [1.29, 1.82) is 5.26 Å². The SMILES string of the molecule is CCN(CC(C)C(=O)O)c1cccc(C#N)c1. The molecular weight excluding hydrogens is 216 g/mol. The second kappa shape index (κ2) is 5.90. The number of rotatable bonds is 5. The zero-order valence-electron chi connectivity index (χ0n) is 10.1. The number of hydrogen-bond acceptors (Lipinski definition) is 3. The molecular formula is C13H16N2O2. The Morgan fingerprint density at radius 3 is 2.82 bits per heavy atom. The van der Waals surface area contributed by atoms with E-state index in [4.69, 9.17) is 10.4 Å². The van der Waals surface area contributed by atoms with Crippen LogP contribution in [0.15, 0.2) is 24.3 Å². The van der Waals surface area contributed by atoms with Gasteiger partial charge >= 0.3 is 5.97 Å². The lowest BCUT2D eigenvalue weighted by molar-refractivity contribution is -0.140. The van der Waals surface area contributed by atoms with E-state index < -0.39 is 11.9 Å². The zero-order chi connectivity index (χ0) is 12.8. The summed E-state index contributed by atoms with van der Waals surface area (Å²) < 4.78 is 0. The molecule has 0 amide bonds. The Balaban J connectivity index is 2.86. The van der Waals surface area contributed by atoms with Crippen molar-refractivity contribution in [3.63, 3.8) is 0 Å². The van der Waals surface area contributed by atoms with Crippen LogP contribution in [0.4, 0.5) is 5.69 Å². The van der Waals surface area contributed by atoms with Crippen LogP contribution in [0.25, 0.3) is 0 Å². The molecule has 0 spiro atoms. The Kier molecular flexibility index (Phi) is 4.53. The molecule has 1 atom stereocenters. The van der Waals surface area contributed by atoms with Crippen molar-refractivity contribution in [2.24, 2.45) is 5.92 Å². The maximum atomic E-state index is 10.8. The topological polar surface area (TPSA) is 64.3 Å². The minimum absolute atomic E-state index is 0.430. The van der Waals surface area contributed by atoms with Gasteiger partial charge in [-0.15, -0.1) is 0 Å². The summed E-state index contributed by atoms with van der Waals surface area (Å²) in [5, 5.41) is 17.7. The fraction of sp³-hybridized carbons (Fsp3) is 0.385. The number of carbonyl (C=O) groups is 1. The molecule has 1 rings (SSSR count). The van der Waals surface area contributed by atoms with Gasteiger partial charge in [0.05, 0.1) is 17.6 Å². The Hall–Kier alpha value is -2.02. The van der Waals surface area contributed by atoms with E-state index in [1.54, 1.807) is 19.1 Å². The molecule has 0 aliphatic rings. The first-order chi connectivity index (χ1) is 8.08. The van der Waals surface area contributed by atoms with Gasteiger partial charge in [0.2, 0.25) is 0 Å². The molecule has 0 aromatic heterocycles.